The number of hydrogen-bond acceptors (Lipinski definition) is 5. The Hall–Kier alpha value is -3.42. The van der Waals surface area contributed by atoms with Crippen LogP contribution in [0.5, 0.6) is 5.75 Å². The number of pyridine rings is 1. The second-order valence-corrected chi connectivity index (χ2v) is 7.44. The summed E-state index contributed by atoms with van der Waals surface area (Å²) in [6.07, 6.45) is 4.56. The van der Waals surface area contributed by atoms with Crippen molar-refractivity contribution in [2.45, 2.75) is 33.4 Å². The molecular formula is C21H22N6O2. The van der Waals surface area contributed by atoms with Crippen LogP contribution in [0.4, 0.5) is 0 Å². The van der Waals surface area contributed by atoms with Gasteiger partial charge in [-0.15, -0.1) is 10.2 Å². The lowest BCUT2D eigenvalue weighted by Crippen LogP contribution is -2.16. The van der Waals surface area contributed by atoms with E-state index in [2.05, 4.69) is 29.3 Å². The second kappa shape index (κ2) is 6.88. The van der Waals surface area contributed by atoms with E-state index in [-0.39, 0.29) is 5.56 Å². The van der Waals surface area contributed by atoms with Crippen molar-refractivity contribution in [3.63, 3.8) is 0 Å². The number of H-pyrrole nitrogens is 1. The zero-order valence-electron chi connectivity index (χ0n) is 16.4. The molecule has 4 aromatic rings. The minimum absolute atomic E-state index is 0.145. The van der Waals surface area contributed by atoms with Crippen molar-refractivity contribution < 1.29 is 4.74 Å². The predicted molar refractivity (Wildman–Crippen MR) is 109 cm³/mol. The van der Waals surface area contributed by atoms with Crippen LogP contribution in [0.25, 0.3) is 22.3 Å². The Labute approximate surface area is 167 Å². The average Bonchev–Trinajstić information content (AvgIpc) is 3.40. The van der Waals surface area contributed by atoms with Gasteiger partial charge >= 0.3 is 0 Å². The van der Waals surface area contributed by atoms with Crippen LogP contribution in [0.1, 0.15) is 18.6 Å². The molecule has 0 bridgehead atoms. The van der Waals surface area contributed by atoms with Gasteiger partial charge in [-0.05, 0) is 38.1 Å². The molecule has 0 saturated carbocycles. The van der Waals surface area contributed by atoms with Crippen LogP contribution in [0.3, 0.4) is 0 Å². The van der Waals surface area contributed by atoms with Gasteiger partial charge in [0.2, 0.25) is 0 Å². The van der Waals surface area contributed by atoms with E-state index in [0.717, 1.165) is 47.8 Å². The quantitative estimate of drug-likeness (QED) is 0.566. The molecule has 29 heavy (non-hydrogen) atoms. The first-order chi connectivity index (χ1) is 14.1. The van der Waals surface area contributed by atoms with E-state index in [0.29, 0.717) is 23.9 Å². The van der Waals surface area contributed by atoms with Crippen molar-refractivity contribution in [1.82, 2.24) is 29.3 Å². The molecule has 0 fully saturated rings. The Balaban J connectivity index is 1.47. The van der Waals surface area contributed by atoms with Gasteiger partial charge in [-0.1, -0.05) is 0 Å². The Morgan fingerprint density at radius 2 is 2.17 bits per heavy atom. The van der Waals surface area contributed by atoms with Crippen LogP contribution in [-0.4, -0.2) is 35.9 Å². The lowest BCUT2D eigenvalue weighted by Gasteiger charge is -2.13. The molecule has 0 amide bonds. The molecule has 4 heterocycles. The molecule has 1 aliphatic rings. The van der Waals surface area contributed by atoms with E-state index in [1.54, 1.807) is 6.20 Å². The van der Waals surface area contributed by atoms with Gasteiger partial charge in [0.25, 0.3) is 5.56 Å². The van der Waals surface area contributed by atoms with Crippen LogP contribution in [0, 0.1) is 12.8 Å². The summed E-state index contributed by atoms with van der Waals surface area (Å²) in [7, 11) is 0. The summed E-state index contributed by atoms with van der Waals surface area (Å²) in [5.74, 6) is 3.84. The molecule has 1 aliphatic heterocycles. The topological polar surface area (TPSA) is 90.6 Å². The standard InChI is InChI=1S/C21H22N6O2/c1-3-29-16-4-5-18-15(9-16)10-17(21(28)23-18)20-22-6-7-26(20)11-14-8-19-25-24-13(2)27(19)12-14/h4-7,9-10,14H,3,8,11-12H2,1-2H3,(H,23,28). The van der Waals surface area contributed by atoms with E-state index < -0.39 is 0 Å². The largest absolute Gasteiger partial charge is 0.494 e. The van der Waals surface area contributed by atoms with Crippen molar-refractivity contribution in [3.05, 3.63) is 58.7 Å². The molecule has 0 spiro atoms. The van der Waals surface area contributed by atoms with E-state index in [9.17, 15) is 4.79 Å². The number of ether oxygens (including phenoxy) is 1. The molecule has 3 aromatic heterocycles. The number of hydrogen-bond donors (Lipinski definition) is 1. The number of rotatable bonds is 5. The fourth-order valence-electron chi connectivity index (χ4n) is 4.10. The highest BCUT2D eigenvalue weighted by Gasteiger charge is 2.26. The maximum atomic E-state index is 12.8. The fourth-order valence-corrected chi connectivity index (χ4v) is 4.10. The summed E-state index contributed by atoms with van der Waals surface area (Å²) < 4.78 is 9.82. The Kier molecular flexibility index (Phi) is 4.19. The van der Waals surface area contributed by atoms with Crippen LogP contribution in [0.15, 0.2) is 41.5 Å². The van der Waals surface area contributed by atoms with E-state index in [1.807, 2.05) is 44.3 Å². The first-order valence-corrected chi connectivity index (χ1v) is 9.82. The first-order valence-electron chi connectivity index (χ1n) is 9.82. The molecule has 5 rings (SSSR count). The highest BCUT2D eigenvalue weighted by molar-refractivity contribution is 5.83. The molecule has 0 saturated heterocycles. The molecule has 1 aromatic carbocycles. The number of nitrogens with zero attached hydrogens (tertiary/aromatic N) is 5. The summed E-state index contributed by atoms with van der Waals surface area (Å²) in [5, 5.41) is 9.30. The third-order valence-corrected chi connectivity index (χ3v) is 5.46. The van der Waals surface area contributed by atoms with Gasteiger partial charge in [-0.2, -0.15) is 0 Å². The lowest BCUT2D eigenvalue weighted by atomic mass is 10.1. The zero-order chi connectivity index (χ0) is 20.0. The molecule has 1 unspecified atom stereocenters. The minimum Gasteiger partial charge on any atom is -0.494 e. The number of benzene rings is 1. The molecule has 8 nitrogen and oxygen atoms in total. The number of aryl methyl sites for hydroxylation is 1. The number of imidazole rings is 1. The van der Waals surface area contributed by atoms with Gasteiger partial charge in [-0.25, -0.2) is 4.98 Å². The summed E-state index contributed by atoms with van der Waals surface area (Å²) in [6.45, 7) is 6.19. The second-order valence-electron chi connectivity index (χ2n) is 7.44. The summed E-state index contributed by atoms with van der Waals surface area (Å²) in [4.78, 5) is 20.2. The Morgan fingerprint density at radius 1 is 1.28 bits per heavy atom. The van der Waals surface area contributed by atoms with Crippen molar-refractivity contribution in [2.24, 2.45) is 5.92 Å². The summed E-state index contributed by atoms with van der Waals surface area (Å²) >= 11 is 0. The van der Waals surface area contributed by atoms with Crippen molar-refractivity contribution in [3.8, 4) is 17.1 Å². The highest BCUT2D eigenvalue weighted by Crippen LogP contribution is 2.26. The van der Waals surface area contributed by atoms with Gasteiger partial charge in [0.15, 0.2) is 0 Å². The normalized spacial score (nSPS) is 15.7. The minimum atomic E-state index is -0.145. The van der Waals surface area contributed by atoms with Gasteiger partial charge in [0, 0.05) is 48.7 Å². The maximum Gasteiger partial charge on any atom is 0.259 e. The molecule has 0 radical (unpaired) electrons. The van der Waals surface area contributed by atoms with E-state index in [4.69, 9.17) is 4.74 Å². The Bertz CT molecular complexity index is 1250. The average molecular weight is 390 g/mol. The first kappa shape index (κ1) is 17.7. The van der Waals surface area contributed by atoms with Gasteiger partial charge < -0.3 is 18.9 Å². The molecule has 0 aliphatic carbocycles. The third kappa shape index (κ3) is 3.10. The van der Waals surface area contributed by atoms with E-state index >= 15 is 0 Å². The summed E-state index contributed by atoms with van der Waals surface area (Å²) in [6, 6.07) is 7.57. The van der Waals surface area contributed by atoms with Crippen molar-refractivity contribution >= 4 is 10.9 Å². The molecule has 148 valence electrons. The third-order valence-electron chi connectivity index (χ3n) is 5.46. The van der Waals surface area contributed by atoms with Crippen LogP contribution in [-0.2, 0) is 19.5 Å². The van der Waals surface area contributed by atoms with Gasteiger partial charge in [0.1, 0.15) is 23.2 Å². The molecular weight excluding hydrogens is 368 g/mol. The smallest absolute Gasteiger partial charge is 0.259 e. The summed E-state index contributed by atoms with van der Waals surface area (Å²) in [5.41, 5.74) is 1.20. The maximum absolute atomic E-state index is 12.8. The zero-order valence-corrected chi connectivity index (χ0v) is 16.4. The van der Waals surface area contributed by atoms with Crippen molar-refractivity contribution in [1.29, 1.82) is 0 Å². The molecule has 1 N–H and O–H groups in total. The fraction of sp³-hybridized carbons (Fsp3) is 0.333. The predicted octanol–water partition coefficient (Wildman–Crippen LogP) is 2.56. The van der Waals surface area contributed by atoms with Crippen molar-refractivity contribution in [2.75, 3.05) is 6.61 Å². The van der Waals surface area contributed by atoms with Crippen LogP contribution >= 0.6 is 0 Å². The number of aromatic amines is 1. The molecule has 8 heteroatoms. The Morgan fingerprint density at radius 3 is 3.00 bits per heavy atom. The van der Waals surface area contributed by atoms with Crippen LogP contribution < -0.4 is 10.3 Å². The number of nitrogens with one attached hydrogen (secondary N) is 1. The van der Waals surface area contributed by atoms with Gasteiger partial charge in [-0.3, -0.25) is 4.79 Å². The lowest BCUT2D eigenvalue weighted by molar-refractivity contribution is 0.340. The van der Waals surface area contributed by atoms with Crippen LogP contribution in [0.2, 0.25) is 0 Å². The molecule has 1 atom stereocenters. The monoisotopic (exact) mass is 390 g/mol. The van der Waals surface area contributed by atoms with E-state index in [1.165, 1.54) is 0 Å². The van der Waals surface area contributed by atoms with Gasteiger partial charge in [0.05, 0.1) is 12.2 Å². The number of aromatic nitrogens is 6. The number of fused-ring (bicyclic) bond motifs is 2. The highest BCUT2D eigenvalue weighted by atomic mass is 16.5. The SMILES string of the molecule is CCOc1ccc2[nH]c(=O)c(-c3nccn3CC3Cc4nnc(C)n4C3)cc2c1.